The highest BCUT2D eigenvalue weighted by Gasteiger charge is 2.56. The van der Waals surface area contributed by atoms with Gasteiger partial charge in [-0.2, -0.15) is 0 Å². The summed E-state index contributed by atoms with van der Waals surface area (Å²) in [5.41, 5.74) is 7.35. The van der Waals surface area contributed by atoms with Crippen molar-refractivity contribution in [3.05, 3.63) is 35.9 Å². The molecular weight excluding hydrogens is 360 g/mol. The molecule has 5 rings (SSSR count). The number of nitrogens with two attached hydrogens (primary N) is 1. The topological polar surface area (TPSA) is 55.6 Å². The predicted molar refractivity (Wildman–Crippen MR) is 114 cm³/mol. The number of carbonyl (C=O) groups excluding carboxylic acids is 1. The quantitative estimate of drug-likeness (QED) is 0.843. The van der Waals surface area contributed by atoms with Crippen molar-refractivity contribution in [1.29, 1.82) is 0 Å². The van der Waals surface area contributed by atoms with Crippen LogP contribution in [0.2, 0.25) is 0 Å². The fourth-order valence-electron chi connectivity index (χ4n) is 6.93. The molecule has 4 nitrogen and oxygen atoms in total. The summed E-state index contributed by atoms with van der Waals surface area (Å²) in [5.74, 6) is 2.36. The minimum atomic E-state index is -0.152. The zero-order valence-electron chi connectivity index (χ0n) is 17.6. The SMILES string of the molecule is NC1CCOC(C2CCN(C(=O)C3(Cc4ccccc4)CC4CCC3C4)CC2)C1. The summed E-state index contributed by atoms with van der Waals surface area (Å²) in [6.45, 7) is 2.59. The van der Waals surface area contributed by atoms with Gasteiger partial charge in [0, 0.05) is 25.7 Å². The molecule has 1 amide bonds. The summed E-state index contributed by atoms with van der Waals surface area (Å²) >= 11 is 0. The van der Waals surface area contributed by atoms with Gasteiger partial charge < -0.3 is 15.4 Å². The number of hydrogen-bond acceptors (Lipinski definition) is 3. The van der Waals surface area contributed by atoms with Crippen LogP contribution in [0.25, 0.3) is 0 Å². The Bertz CT molecular complexity index is 715. The highest BCUT2D eigenvalue weighted by atomic mass is 16.5. The van der Waals surface area contributed by atoms with Crippen LogP contribution in [0.3, 0.4) is 0 Å². The minimum absolute atomic E-state index is 0.152. The van der Waals surface area contributed by atoms with Gasteiger partial charge in [0.1, 0.15) is 0 Å². The molecule has 2 aliphatic carbocycles. The number of likely N-dealkylation sites (tertiary alicyclic amines) is 1. The molecule has 5 unspecified atom stereocenters. The molecule has 2 saturated heterocycles. The first-order valence-corrected chi connectivity index (χ1v) is 11.8. The Morgan fingerprint density at radius 1 is 1.07 bits per heavy atom. The van der Waals surface area contributed by atoms with Crippen molar-refractivity contribution >= 4 is 5.91 Å². The third-order valence-corrected chi connectivity index (χ3v) is 8.47. The van der Waals surface area contributed by atoms with Gasteiger partial charge in [0.25, 0.3) is 0 Å². The number of fused-ring (bicyclic) bond motifs is 2. The predicted octanol–water partition coefficient (Wildman–Crippen LogP) is 3.78. The fourth-order valence-corrected chi connectivity index (χ4v) is 6.93. The summed E-state index contributed by atoms with van der Waals surface area (Å²) in [6, 6.07) is 11.0. The molecular formula is C25H36N2O2. The Kier molecular flexibility index (Phi) is 5.42. The third kappa shape index (κ3) is 3.74. The molecule has 2 saturated carbocycles. The fraction of sp³-hybridized carbons (Fsp3) is 0.720. The first kappa shape index (κ1) is 19.6. The average molecular weight is 397 g/mol. The second-order valence-corrected chi connectivity index (χ2v) is 10.2. The van der Waals surface area contributed by atoms with E-state index in [1.54, 1.807) is 0 Å². The molecule has 5 atom stereocenters. The first-order chi connectivity index (χ1) is 14.1. The standard InChI is InChI=1S/C25H36N2O2/c26-22-10-13-29-23(15-22)20-8-11-27(12-9-20)24(28)25(16-18-4-2-1-3-5-18)17-19-6-7-21(25)14-19/h1-5,19-23H,6-17,26H2. The zero-order chi connectivity index (χ0) is 19.8. The maximum Gasteiger partial charge on any atom is 0.229 e. The Morgan fingerprint density at radius 3 is 2.52 bits per heavy atom. The molecule has 2 bridgehead atoms. The molecule has 0 radical (unpaired) electrons. The maximum atomic E-state index is 13.9. The van der Waals surface area contributed by atoms with Crippen LogP contribution in [0, 0.1) is 23.2 Å². The van der Waals surface area contributed by atoms with Crippen molar-refractivity contribution in [3.8, 4) is 0 Å². The number of amides is 1. The Morgan fingerprint density at radius 2 is 1.86 bits per heavy atom. The highest BCUT2D eigenvalue weighted by Crippen LogP contribution is 2.58. The number of hydrogen-bond donors (Lipinski definition) is 1. The van der Waals surface area contributed by atoms with E-state index in [-0.39, 0.29) is 11.5 Å². The molecule has 29 heavy (non-hydrogen) atoms. The van der Waals surface area contributed by atoms with E-state index in [1.807, 2.05) is 0 Å². The van der Waals surface area contributed by atoms with E-state index in [2.05, 4.69) is 35.2 Å². The van der Waals surface area contributed by atoms with Crippen LogP contribution in [0.4, 0.5) is 0 Å². The molecule has 2 N–H and O–H groups in total. The van der Waals surface area contributed by atoms with E-state index >= 15 is 0 Å². The summed E-state index contributed by atoms with van der Waals surface area (Å²) in [6.07, 6.45) is 10.3. The molecule has 4 heteroatoms. The number of nitrogens with zero attached hydrogens (tertiary/aromatic N) is 1. The minimum Gasteiger partial charge on any atom is -0.378 e. The van der Waals surface area contributed by atoms with Crippen LogP contribution in [-0.4, -0.2) is 42.6 Å². The molecule has 0 spiro atoms. The van der Waals surface area contributed by atoms with Gasteiger partial charge >= 0.3 is 0 Å². The van der Waals surface area contributed by atoms with Crippen molar-refractivity contribution < 1.29 is 9.53 Å². The molecule has 2 heterocycles. The van der Waals surface area contributed by atoms with E-state index in [0.29, 0.717) is 23.8 Å². The van der Waals surface area contributed by atoms with Crippen LogP contribution >= 0.6 is 0 Å². The van der Waals surface area contributed by atoms with Gasteiger partial charge in [-0.15, -0.1) is 0 Å². The lowest BCUT2D eigenvalue weighted by molar-refractivity contribution is -0.148. The monoisotopic (exact) mass is 396 g/mol. The highest BCUT2D eigenvalue weighted by molar-refractivity contribution is 5.84. The van der Waals surface area contributed by atoms with E-state index in [4.69, 9.17) is 10.5 Å². The van der Waals surface area contributed by atoms with Crippen molar-refractivity contribution in [2.75, 3.05) is 19.7 Å². The van der Waals surface area contributed by atoms with Crippen LogP contribution < -0.4 is 5.73 Å². The largest absolute Gasteiger partial charge is 0.378 e. The Labute approximate surface area is 175 Å². The molecule has 0 aromatic heterocycles. The van der Waals surface area contributed by atoms with Gasteiger partial charge in [-0.25, -0.2) is 0 Å². The number of benzene rings is 1. The van der Waals surface area contributed by atoms with Crippen LogP contribution in [-0.2, 0) is 16.0 Å². The van der Waals surface area contributed by atoms with Gasteiger partial charge in [-0.1, -0.05) is 36.8 Å². The summed E-state index contributed by atoms with van der Waals surface area (Å²) in [5, 5.41) is 0. The summed E-state index contributed by atoms with van der Waals surface area (Å²) in [4.78, 5) is 16.1. The maximum absolute atomic E-state index is 13.9. The Balaban J connectivity index is 1.28. The normalized spacial score (nSPS) is 37.8. The number of rotatable bonds is 4. The lowest BCUT2D eigenvalue weighted by atomic mass is 9.68. The van der Waals surface area contributed by atoms with Crippen LogP contribution in [0.5, 0.6) is 0 Å². The van der Waals surface area contributed by atoms with Gasteiger partial charge in [0.05, 0.1) is 11.5 Å². The van der Waals surface area contributed by atoms with E-state index < -0.39 is 0 Å². The molecule has 1 aromatic rings. The lowest BCUT2D eigenvalue weighted by Crippen LogP contribution is -2.52. The van der Waals surface area contributed by atoms with Crippen molar-refractivity contribution in [2.45, 2.75) is 69.9 Å². The van der Waals surface area contributed by atoms with Crippen LogP contribution in [0.1, 0.15) is 56.9 Å². The smallest absolute Gasteiger partial charge is 0.229 e. The molecule has 4 aliphatic rings. The summed E-state index contributed by atoms with van der Waals surface area (Å²) < 4.78 is 6.04. The molecule has 1 aromatic carbocycles. The van der Waals surface area contributed by atoms with E-state index in [9.17, 15) is 4.79 Å². The number of piperidine rings is 1. The van der Waals surface area contributed by atoms with E-state index in [1.165, 1.54) is 24.8 Å². The first-order valence-electron chi connectivity index (χ1n) is 11.8. The lowest BCUT2D eigenvalue weighted by Gasteiger charge is -2.44. The van der Waals surface area contributed by atoms with Gasteiger partial charge in [-0.3, -0.25) is 4.79 Å². The second-order valence-electron chi connectivity index (χ2n) is 10.2. The Hall–Kier alpha value is -1.39. The second kappa shape index (κ2) is 8.03. The van der Waals surface area contributed by atoms with E-state index in [0.717, 1.165) is 64.1 Å². The number of ether oxygens (including phenoxy) is 1. The third-order valence-electron chi connectivity index (χ3n) is 8.47. The molecule has 4 fully saturated rings. The number of carbonyl (C=O) groups is 1. The van der Waals surface area contributed by atoms with Crippen molar-refractivity contribution in [2.24, 2.45) is 28.9 Å². The van der Waals surface area contributed by atoms with Crippen LogP contribution in [0.15, 0.2) is 30.3 Å². The molecule has 158 valence electrons. The van der Waals surface area contributed by atoms with Crippen molar-refractivity contribution in [1.82, 2.24) is 4.90 Å². The zero-order valence-corrected chi connectivity index (χ0v) is 17.6. The average Bonchev–Trinajstić information content (AvgIpc) is 3.36. The van der Waals surface area contributed by atoms with Gasteiger partial charge in [0.2, 0.25) is 5.91 Å². The molecule has 2 aliphatic heterocycles. The summed E-state index contributed by atoms with van der Waals surface area (Å²) in [7, 11) is 0. The van der Waals surface area contributed by atoms with Gasteiger partial charge in [-0.05, 0) is 74.7 Å². The van der Waals surface area contributed by atoms with Gasteiger partial charge in [0.15, 0.2) is 0 Å². The van der Waals surface area contributed by atoms with Crippen molar-refractivity contribution in [3.63, 3.8) is 0 Å².